The molecule has 0 aliphatic carbocycles. The molecule has 1 N–H and O–H groups in total. The highest BCUT2D eigenvalue weighted by atomic mass is 16.5. The summed E-state index contributed by atoms with van der Waals surface area (Å²) in [6.07, 6.45) is 7.51. The van der Waals surface area contributed by atoms with Gasteiger partial charge in [-0.1, -0.05) is 20.3 Å². The van der Waals surface area contributed by atoms with Gasteiger partial charge >= 0.3 is 0 Å². The summed E-state index contributed by atoms with van der Waals surface area (Å²) in [6, 6.07) is 0. The Morgan fingerprint density at radius 2 is 2.18 bits per heavy atom. The molecular formula is C13H25N3O. The van der Waals surface area contributed by atoms with Gasteiger partial charge in [-0.25, -0.2) is 0 Å². The summed E-state index contributed by atoms with van der Waals surface area (Å²) in [5.74, 6) is 0. The van der Waals surface area contributed by atoms with Gasteiger partial charge < -0.3 is 10.1 Å². The molecule has 98 valence electrons. The maximum atomic E-state index is 5.51. The smallest absolute Gasteiger partial charge is 0.0662 e. The highest BCUT2D eigenvalue weighted by molar-refractivity contribution is 5.03. The van der Waals surface area contributed by atoms with Crippen molar-refractivity contribution in [1.29, 1.82) is 0 Å². The number of nitrogens with one attached hydrogen (secondary N) is 1. The quantitative estimate of drug-likeness (QED) is 0.636. The van der Waals surface area contributed by atoms with Gasteiger partial charge in [0.15, 0.2) is 0 Å². The summed E-state index contributed by atoms with van der Waals surface area (Å²) in [5.41, 5.74) is 1.24. The summed E-state index contributed by atoms with van der Waals surface area (Å²) in [6.45, 7) is 8.77. The van der Waals surface area contributed by atoms with Crippen LogP contribution in [-0.2, 0) is 17.8 Å². The minimum absolute atomic E-state index is 0.753. The Morgan fingerprint density at radius 3 is 2.94 bits per heavy atom. The maximum Gasteiger partial charge on any atom is 0.0662 e. The van der Waals surface area contributed by atoms with Crippen molar-refractivity contribution in [1.82, 2.24) is 15.1 Å². The maximum absolute atomic E-state index is 5.51. The van der Waals surface area contributed by atoms with Crippen LogP contribution < -0.4 is 5.32 Å². The van der Waals surface area contributed by atoms with E-state index in [0.29, 0.717) is 0 Å². The van der Waals surface area contributed by atoms with Crippen LogP contribution in [0.25, 0.3) is 0 Å². The first-order valence-corrected chi connectivity index (χ1v) is 6.66. The zero-order valence-corrected chi connectivity index (χ0v) is 11.1. The molecule has 0 aromatic carbocycles. The average Bonchev–Trinajstić information content (AvgIpc) is 2.77. The van der Waals surface area contributed by atoms with E-state index in [2.05, 4.69) is 30.5 Å². The zero-order valence-electron chi connectivity index (χ0n) is 11.1. The first-order valence-electron chi connectivity index (χ1n) is 6.66. The van der Waals surface area contributed by atoms with Gasteiger partial charge in [0.25, 0.3) is 0 Å². The largest absolute Gasteiger partial charge is 0.380 e. The van der Waals surface area contributed by atoms with Gasteiger partial charge in [0, 0.05) is 24.9 Å². The molecule has 4 nitrogen and oxygen atoms in total. The van der Waals surface area contributed by atoms with Crippen molar-refractivity contribution >= 4 is 0 Å². The van der Waals surface area contributed by atoms with Gasteiger partial charge in [-0.3, -0.25) is 4.68 Å². The number of rotatable bonds is 10. The van der Waals surface area contributed by atoms with Crippen LogP contribution in [-0.4, -0.2) is 29.5 Å². The Kier molecular flexibility index (Phi) is 7.67. The van der Waals surface area contributed by atoms with Crippen LogP contribution in [0.3, 0.4) is 0 Å². The summed E-state index contributed by atoms with van der Waals surface area (Å²) in [4.78, 5) is 0. The molecule has 0 radical (unpaired) electrons. The molecule has 0 bridgehead atoms. The number of aromatic nitrogens is 2. The molecule has 0 atom stereocenters. The van der Waals surface area contributed by atoms with Crippen LogP contribution in [0, 0.1) is 0 Å². The van der Waals surface area contributed by atoms with E-state index in [1.165, 1.54) is 18.4 Å². The van der Waals surface area contributed by atoms with Crippen molar-refractivity contribution in [2.75, 3.05) is 19.8 Å². The van der Waals surface area contributed by atoms with E-state index < -0.39 is 0 Å². The number of nitrogens with zero attached hydrogens (tertiary/aromatic N) is 2. The molecule has 0 fully saturated rings. The molecule has 1 heterocycles. The lowest BCUT2D eigenvalue weighted by Gasteiger charge is -2.03. The molecule has 1 aromatic rings. The number of unbranched alkanes of at least 4 members (excludes halogenated alkanes) is 1. The molecule has 0 amide bonds. The van der Waals surface area contributed by atoms with Crippen LogP contribution in [0.1, 0.15) is 38.7 Å². The third-order valence-corrected chi connectivity index (χ3v) is 2.55. The van der Waals surface area contributed by atoms with Crippen molar-refractivity contribution in [2.24, 2.45) is 0 Å². The normalized spacial score (nSPS) is 10.9. The molecule has 0 spiro atoms. The minimum Gasteiger partial charge on any atom is -0.380 e. The third-order valence-electron chi connectivity index (χ3n) is 2.55. The van der Waals surface area contributed by atoms with Gasteiger partial charge in [-0.15, -0.1) is 0 Å². The second-order valence-corrected chi connectivity index (χ2v) is 4.25. The lowest BCUT2D eigenvalue weighted by Crippen LogP contribution is -2.13. The Labute approximate surface area is 104 Å². The summed E-state index contributed by atoms with van der Waals surface area (Å²) < 4.78 is 7.46. The number of hydrogen-bond acceptors (Lipinski definition) is 3. The van der Waals surface area contributed by atoms with E-state index >= 15 is 0 Å². The number of ether oxygens (including phenoxy) is 1. The van der Waals surface area contributed by atoms with Crippen LogP contribution in [0.5, 0.6) is 0 Å². The molecular weight excluding hydrogens is 214 g/mol. The van der Waals surface area contributed by atoms with Crippen molar-refractivity contribution in [3.63, 3.8) is 0 Å². The molecule has 4 heteroatoms. The second-order valence-electron chi connectivity index (χ2n) is 4.25. The van der Waals surface area contributed by atoms with E-state index in [0.717, 1.165) is 39.3 Å². The van der Waals surface area contributed by atoms with Gasteiger partial charge in [-0.2, -0.15) is 5.10 Å². The molecule has 0 unspecified atom stereocenters. The highest BCUT2D eigenvalue weighted by Gasteiger charge is 1.98. The van der Waals surface area contributed by atoms with E-state index in [4.69, 9.17) is 4.74 Å². The van der Waals surface area contributed by atoms with Crippen molar-refractivity contribution in [3.8, 4) is 0 Å². The van der Waals surface area contributed by atoms with E-state index in [-0.39, 0.29) is 0 Å². The second kappa shape index (κ2) is 9.19. The fourth-order valence-electron chi connectivity index (χ4n) is 1.54. The summed E-state index contributed by atoms with van der Waals surface area (Å²) in [5, 5.41) is 7.67. The van der Waals surface area contributed by atoms with Gasteiger partial charge in [0.1, 0.15) is 0 Å². The third kappa shape index (κ3) is 6.44. The minimum atomic E-state index is 0.753. The Bertz CT molecular complexity index is 286. The SMILES string of the molecule is CCCCOCCn1cc(CNCCC)cn1. The Balaban J connectivity index is 2.12. The first-order chi connectivity index (χ1) is 8.36. The topological polar surface area (TPSA) is 39.1 Å². The first kappa shape index (κ1) is 14.2. The summed E-state index contributed by atoms with van der Waals surface area (Å²) >= 11 is 0. The summed E-state index contributed by atoms with van der Waals surface area (Å²) in [7, 11) is 0. The fourth-order valence-corrected chi connectivity index (χ4v) is 1.54. The molecule has 1 aromatic heterocycles. The molecule has 0 saturated heterocycles. The monoisotopic (exact) mass is 239 g/mol. The average molecular weight is 239 g/mol. The predicted octanol–water partition coefficient (Wildman–Crippen LogP) is 2.20. The van der Waals surface area contributed by atoms with Crippen LogP contribution >= 0.6 is 0 Å². The van der Waals surface area contributed by atoms with Gasteiger partial charge in [0.05, 0.1) is 19.3 Å². The van der Waals surface area contributed by atoms with Gasteiger partial charge in [-0.05, 0) is 19.4 Å². The van der Waals surface area contributed by atoms with Crippen molar-refractivity contribution in [2.45, 2.75) is 46.2 Å². The van der Waals surface area contributed by atoms with Crippen molar-refractivity contribution < 1.29 is 4.74 Å². The molecule has 17 heavy (non-hydrogen) atoms. The predicted molar refractivity (Wildman–Crippen MR) is 70.0 cm³/mol. The van der Waals surface area contributed by atoms with E-state index in [1.54, 1.807) is 0 Å². The lowest BCUT2D eigenvalue weighted by atomic mass is 10.3. The van der Waals surface area contributed by atoms with Crippen LogP contribution in [0.2, 0.25) is 0 Å². The van der Waals surface area contributed by atoms with Crippen molar-refractivity contribution in [3.05, 3.63) is 18.0 Å². The molecule has 1 rings (SSSR count). The van der Waals surface area contributed by atoms with E-state index in [1.807, 2.05) is 10.9 Å². The molecule has 0 aliphatic rings. The Hall–Kier alpha value is -0.870. The highest BCUT2D eigenvalue weighted by Crippen LogP contribution is 1.97. The molecule has 0 aliphatic heterocycles. The standard InChI is InChI=1S/C13H25N3O/c1-3-5-8-17-9-7-16-12-13(11-15-16)10-14-6-4-2/h11-12,14H,3-10H2,1-2H3. The zero-order chi connectivity index (χ0) is 12.3. The van der Waals surface area contributed by atoms with Crippen LogP contribution in [0.15, 0.2) is 12.4 Å². The Morgan fingerprint density at radius 1 is 1.29 bits per heavy atom. The van der Waals surface area contributed by atoms with Gasteiger partial charge in [0.2, 0.25) is 0 Å². The lowest BCUT2D eigenvalue weighted by molar-refractivity contribution is 0.121. The van der Waals surface area contributed by atoms with Crippen LogP contribution in [0.4, 0.5) is 0 Å². The number of hydrogen-bond donors (Lipinski definition) is 1. The fraction of sp³-hybridized carbons (Fsp3) is 0.769. The van der Waals surface area contributed by atoms with E-state index in [9.17, 15) is 0 Å². The molecule has 0 saturated carbocycles.